The van der Waals surface area contributed by atoms with Gasteiger partial charge in [0.15, 0.2) is 0 Å². The minimum atomic E-state index is -4.11. The molecule has 0 saturated carbocycles. The lowest BCUT2D eigenvalue weighted by Gasteiger charge is -2.09. The Morgan fingerprint density at radius 1 is 1.15 bits per heavy atom. The van der Waals surface area contributed by atoms with Crippen molar-refractivity contribution < 1.29 is 17.2 Å². The van der Waals surface area contributed by atoms with E-state index in [4.69, 9.17) is 11.6 Å². The minimum Gasteiger partial charge on any atom is -0.279 e. The zero-order chi connectivity index (χ0) is 14.9. The van der Waals surface area contributed by atoms with Gasteiger partial charge in [0.1, 0.15) is 21.7 Å². The summed E-state index contributed by atoms with van der Waals surface area (Å²) in [6, 6.07) is 3.55. The molecular formula is C11H6BrClF2N2O2S. The number of anilines is 1. The number of pyridine rings is 1. The molecule has 0 aliphatic carbocycles. The van der Waals surface area contributed by atoms with E-state index in [1.165, 1.54) is 12.3 Å². The highest BCUT2D eigenvalue weighted by atomic mass is 79.9. The van der Waals surface area contributed by atoms with Crippen LogP contribution >= 0.6 is 27.5 Å². The molecule has 1 aromatic carbocycles. The topological polar surface area (TPSA) is 59.1 Å². The van der Waals surface area contributed by atoms with Crippen molar-refractivity contribution in [3.63, 3.8) is 0 Å². The Morgan fingerprint density at radius 2 is 1.75 bits per heavy atom. The first kappa shape index (κ1) is 15.1. The molecule has 0 saturated heterocycles. The van der Waals surface area contributed by atoms with Gasteiger partial charge in [-0.1, -0.05) is 11.6 Å². The van der Waals surface area contributed by atoms with E-state index >= 15 is 0 Å². The van der Waals surface area contributed by atoms with Crippen LogP contribution in [0.4, 0.5) is 14.5 Å². The Bertz CT molecular complexity index is 751. The molecule has 1 heterocycles. The predicted octanol–water partition coefficient (Wildman–Crippen LogP) is 3.58. The summed E-state index contributed by atoms with van der Waals surface area (Å²) < 4.78 is 52.7. The number of nitrogens with one attached hydrogen (secondary N) is 1. The van der Waals surface area contributed by atoms with E-state index in [0.29, 0.717) is 10.5 Å². The van der Waals surface area contributed by atoms with Crippen LogP contribution in [0.3, 0.4) is 0 Å². The smallest absolute Gasteiger partial charge is 0.265 e. The van der Waals surface area contributed by atoms with Crippen LogP contribution in [-0.4, -0.2) is 13.4 Å². The maximum absolute atomic E-state index is 13.0. The summed E-state index contributed by atoms with van der Waals surface area (Å²) in [4.78, 5) is 3.37. The highest BCUT2D eigenvalue weighted by Gasteiger charge is 2.20. The molecule has 9 heteroatoms. The van der Waals surface area contributed by atoms with E-state index in [0.717, 1.165) is 12.1 Å². The SMILES string of the molecule is O=S(=O)(Nc1cc(F)cc(F)c1)c1cc(Br)cnc1Cl. The second-order valence-corrected chi connectivity index (χ2v) is 6.63. The number of nitrogens with zero attached hydrogens (tertiary/aromatic N) is 1. The summed E-state index contributed by atoms with van der Waals surface area (Å²) in [6.45, 7) is 0. The standard InChI is InChI=1S/C11H6BrClF2N2O2S/c12-6-1-10(11(13)16-5-6)20(18,19)17-9-3-7(14)2-8(15)4-9/h1-5,17H. The van der Waals surface area contributed by atoms with Gasteiger partial charge in [-0.3, -0.25) is 4.72 Å². The molecular weight excluding hydrogens is 378 g/mol. The first-order valence-corrected chi connectivity index (χ1v) is 7.73. The Morgan fingerprint density at radius 3 is 2.35 bits per heavy atom. The number of aromatic nitrogens is 1. The fourth-order valence-corrected chi connectivity index (χ4v) is 3.40. The summed E-state index contributed by atoms with van der Waals surface area (Å²) in [6.07, 6.45) is 1.32. The zero-order valence-corrected chi connectivity index (χ0v) is 12.7. The maximum Gasteiger partial charge on any atom is 0.265 e. The van der Waals surface area contributed by atoms with E-state index < -0.39 is 21.7 Å². The normalized spacial score (nSPS) is 11.4. The van der Waals surface area contributed by atoms with Crippen molar-refractivity contribution in [1.82, 2.24) is 4.98 Å². The lowest BCUT2D eigenvalue weighted by atomic mass is 10.3. The number of halogens is 4. The summed E-state index contributed by atoms with van der Waals surface area (Å²) >= 11 is 8.77. The van der Waals surface area contributed by atoms with Crippen molar-refractivity contribution in [1.29, 1.82) is 0 Å². The molecule has 0 aliphatic rings. The average molecular weight is 384 g/mol. The molecule has 0 aliphatic heterocycles. The van der Waals surface area contributed by atoms with E-state index in [2.05, 4.69) is 20.9 Å². The lowest BCUT2D eigenvalue weighted by molar-refractivity contribution is 0.584. The monoisotopic (exact) mass is 382 g/mol. The summed E-state index contributed by atoms with van der Waals surface area (Å²) in [7, 11) is -4.11. The van der Waals surface area contributed by atoms with E-state index in [1.54, 1.807) is 0 Å². The summed E-state index contributed by atoms with van der Waals surface area (Å²) in [5, 5.41) is -0.252. The molecule has 1 aromatic heterocycles. The highest BCUT2D eigenvalue weighted by Crippen LogP contribution is 2.25. The second-order valence-electron chi connectivity index (χ2n) is 3.71. The van der Waals surface area contributed by atoms with Crippen LogP contribution in [0.2, 0.25) is 5.15 Å². The fraction of sp³-hybridized carbons (Fsp3) is 0. The Hall–Kier alpha value is -1.25. The van der Waals surface area contributed by atoms with Gasteiger partial charge < -0.3 is 0 Å². The summed E-state index contributed by atoms with van der Waals surface area (Å²) in [5.41, 5.74) is -0.251. The first-order valence-electron chi connectivity index (χ1n) is 5.08. The average Bonchev–Trinajstić information content (AvgIpc) is 2.30. The van der Waals surface area contributed by atoms with Crippen LogP contribution in [0.1, 0.15) is 0 Å². The van der Waals surface area contributed by atoms with E-state index in [-0.39, 0.29) is 15.7 Å². The largest absolute Gasteiger partial charge is 0.279 e. The fourth-order valence-electron chi connectivity index (χ4n) is 1.42. The minimum absolute atomic E-state index is 0.251. The number of sulfonamides is 1. The van der Waals surface area contributed by atoms with E-state index in [1.807, 2.05) is 4.72 Å². The lowest BCUT2D eigenvalue weighted by Crippen LogP contribution is -2.14. The zero-order valence-electron chi connectivity index (χ0n) is 9.57. The van der Waals surface area contributed by atoms with Gasteiger partial charge in [-0.15, -0.1) is 0 Å². The van der Waals surface area contributed by atoms with Gasteiger partial charge in [0, 0.05) is 16.7 Å². The molecule has 2 aromatic rings. The van der Waals surface area contributed by atoms with Gasteiger partial charge in [-0.05, 0) is 34.1 Å². The van der Waals surface area contributed by atoms with Crippen LogP contribution in [0.5, 0.6) is 0 Å². The van der Waals surface area contributed by atoms with Crippen LogP contribution in [0.15, 0.2) is 39.8 Å². The van der Waals surface area contributed by atoms with Gasteiger partial charge in [0.25, 0.3) is 10.0 Å². The second kappa shape index (κ2) is 5.63. The van der Waals surface area contributed by atoms with Gasteiger partial charge in [-0.25, -0.2) is 22.2 Å². The number of rotatable bonds is 3. The van der Waals surface area contributed by atoms with Crippen LogP contribution in [0, 0.1) is 11.6 Å². The molecule has 2 rings (SSSR count). The molecule has 0 bridgehead atoms. The molecule has 0 atom stereocenters. The molecule has 20 heavy (non-hydrogen) atoms. The maximum atomic E-state index is 13.0. The quantitative estimate of drug-likeness (QED) is 0.824. The number of hydrogen-bond donors (Lipinski definition) is 1. The van der Waals surface area contributed by atoms with Crippen molar-refractivity contribution in [2.75, 3.05) is 4.72 Å². The third-order valence-electron chi connectivity index (χ3n) is 2.18. The van der Waals surface area contributed by atoms with Crippen LogP contribution in [0.25, 0.3) is 0 Å². The van der Waals surface area contributed by atoms with Crippen molar-refractivity contribution in [2.45, 2.75) is 4.90 Å². The number of benzene rings is 1. The van der Waals surface area contributed by atoms with Crippen molar-refractivity contribution >= 4 is 43.2 Å². The molecule has 1 N–H and O–H groups in total. The van der Waals surface area contributed by atoms with Crippen LogP contribution < -0.4 is 4.72 Å². The molecule has 0 fully saturated rings. The van der Waals surface area contributed by atoms with Gasteiger partial charge in [0.2, 0.25) is 0 Å². The molecule has 0 spiro atoms. The van der Waals surface area contributed by atoms with Crippen LogP contribution in [-0.2, 0) is 10.0 Å². The Kier molecular flexibility index (Phi) is 4.26. The van der Waals surface area contributed by atoms with Gasteiger partial charge >= 0.3 is 0 Å². The molecule has 0 amide bonds. The molecule has 106 valence electrons. The van der Waals surface area contributed by atoms with Crippen molar-refractivity contribution in [2.24, 2.45) is 0 Å². The van der Waals surface area contributed by atoms with Gasteiger partial charge in [-0.2, -0.15) is 0 Å². The molecule has 0 radical (unpaired) electrons. The van der Waals surface area contributed by atoms with Crippen molar-refractivity contribution in [3.8, 4) is 0 Å². The van der Waals surface area contributed by atoms with E-state index in [9.17, 15) is 17.2 Å². The summed E-state index contributed by atoms with van der Waals surface area (Å²) in [5.74, 6) is -1.80. The third kappa shape index (κ3) is 3.44. The Balaban J connectivity index is 2.43. The molecule has 4 nitrogen and oxygen atoms in total. The number of hydrogen-bond acceptors (Lipinski definition) is 3. The molecule has 0 unspecified atom stereocenters. The predicted molar refractivity (Wildman–Crippen MR) is 74.1 cm³/mol. The third-order valence-corrected chi connectivity index (χ3v) is 4.42. The highest BCUT2D eigenvalue weighted by molar-refractivity contribution is 9.10. The Labute approximate surface area is 127 Å². The van der Waals surface area contributed by atoms with Gasteiger partial charge in [0.05, 0.1) is 5.69 Å². The first-order chi connectivity index (χ1) is 9.28. The van der Waals surface area contributed by atoms with Crippen molar-refractivity contribution in [3.05, 3.63) is 51.7 Å².